The maximum atomic E-state index is 11.3. The number of aryl methyl sites for hydroxylation is 2. The van der Waals surface area contributed by atoms with Crippen molar-refractivity contribution in [2.75, 3.05) is 29.6 Å². The van der Waals surface area contributed by atoms with Gasteiger partial charge < -0.3 is 15.5 Å². The number of hydrogen-bond donors (Lipinski definition) is 2. The number of nitrogens with zero attached hydrogens (tertiary/aromatic N) is 4. The second-order valence-corrected chi connectivity index (χ2v) is 6.66. The highest BCUT2D eigenvalue weighted by molar-refractivity contribution is 5.91. The second kappa shape index (κ2) is 7.46. The highest BCUT2D eigenvalue weighted by Gasteiger charge is 2.12. The van der Waals surface area contributed by atoms with Crippen molar-refractivity contribution in [3.63, 3.8) is 0 Å². The van der Waals surface area contributed by atoms with Gasteiger partial charge in [-0.3, -0.25) is 4.79 Å². The minimum Gasteiger partial charge on any atom is -0.347 e. The van der Waals surface area contributed by atoms with Crippen LogP contribution >= 0.6 is 0 Å². The van der Waals surface area contributed by atoms with Crippen molar-refractivity contribution in [2.24, 2.45) is 0 Å². The zero-order chi connectivity index (χ0) is 18.7. The van der Waals surface area contributed by atoms with E-state index in [2.05, 4.69) is 39.4 Å². The summed E-state index contributed by atoms with van der Waals surface area (Å²) in [7, 11) is 3.81. The average Bonchev–Trinajstić information content (AvgIpc) is 2.50. The predicted octanol–water partition coefficient (Wildman–Crippen LogP) is 3.38. The van der Waals surface area contributed by atoms with Crippen LogP contribution in [0.1, 0.15) is 43.6 Å². The fourth-order valence-electron chi connectivity index (χ4n) is 2.43. The maximum Gasteiger partial charge on any atom is 0.232 e. The number of aromatic nitrogens is 3. The van der Waals surface area contributed by atoms with E-state index < -0.39 is 0 Å². The summed E-state index contributed by atoms with van der Waals surface area (Å²) < 4.78 is 0. The van der Waals surface area contributed by atoms with Gasteiger partial charge in [0.2, 0.25) is 17.8 Å². The Morgan fingerprint density at radius 2 is 1.68 bits per heavy atom. The molecule has 1 aromatic carbocycles. The summed E-state index contributed by atoms with van der Waals surface area (Å²) in [6.07, 6.45) is 0. The van der Waals surface area contributed by atoms with Crippen LogP contribution in [0.5, 0.6) is 0 Å². The third kappa shape index (κ3) is 4.65. The van der Waals surface area contributed by atoms with Crippen molar-refractivity contribution >= 4 is 29.2 Å². The van der Waals surface area contributed by atoms with Crippen LogP contribution in [0.2, 0.25) is 0 Å². The summed E-state index contributed by atoms with van der Waals surface area (Å²) in [5.74, 6) is 1.98. The molecule has 0 bridgehead atoms. The Hall–Kier alpha value is -2.70. The van der Waals surface area contributed by atoms with Crippen LogP contribution in [0.15, 0.2) is 12.1 Å². The van der Waals surface area contributed by atoms with E-state index in [1.807, 2.05) is 45.0 Å². The van der Waals surface area contributed by atoms with Crippen molar-refractivity contribution < 1.29 is 4.79 Å². The Balaban J connectivity index is 2.37. The molecule has 0 spiro atoms. The van der Waals surface area contributed by atoms with Crippen LogP contribution < -0.4 is 15.5 Å². The van der Waals surface area contributed by atoms with Crippen molar-refractivity contribution in [3.8, 4) is 0 Å². The van der Waals surface area contributed by atoms with Gasteiger partial charge in [-0.05, 0) is 37.1 Å². The number of nitrogens with one attached hydrogen (secondary N) is 2. The predicted molar refractivity (Wildman–Crippen MR) is 102 cm³/mol. The van der Waals surface area contributed by atoms with E-state index in [-0.39, 0.29) is 11.8 Å². The van der Waals surface area contributed by atoms with E-state index in [9.17, 15) is 4.79 Å². The maximum absolute atomic E-state index is 11.3. The van der Waals surface area contributed by atoms with Crippen molar-refractivity contribution in [1.29, 1.82) is 0 Å². The topological polar surface area (TPSA) is 83.0 Å². The van der Waals surface area contributed by atoms with Crippen LogP contribution in [0.3, 0.4) is 0 Å². The highest BCUT2D eigenvalue weighted by Crippen LogP contribution is 2.27. The largest absolute Gasteiger partial charge is 0.347 e. The number of hydrogen-bond acceptors (Lipinski definition) is 6. The average molecular weight is 342 g/mol. The van der Waals surface area contributed by atoms with Gasteiger partial charge in [-0.1, -0.05) is 13.8 Å². The molecule has 134 valence electrons. The molecule has 0 aliphatic rings. The molecule has 7 heteroatoms. The number of anilines is 4. The Labute approximate surface area is 148 Å². The van der Waals surface area contributed by atoms with Gasteiger partial charge in [-0.25, -0.2) is 0 Å². The lowest BCUT2D eigenvalue weighted by Crippen LogP contribution is -2.16. The number of rotatable bonds is 5. The van der Waals surface area contributed by atoms with Crippen molar-refractivity contribution in [1.82, 2.24) is 15.0 Å². The molecule has 0 radical (unpaired) electrons. The standard InChI is InChI=1S/C18H26N6O/c1-10(2)16-21-17(23-18(22-16)24(6)7)20-14-8-11(3)15(12(4)9-14)19-13(5)25/h8-10H,1-7H3,(H,19,25)(H,20,21,22,23). The molecule has 25 heavy (non-hydrogen) atoms. The molecular formula is C18H26N6O. The van der Waals surface area contributed by atoms with Gasteiger partial charge in [0.15, 0.2) is 0 Å². The number of carbonyl (C=O) groups excluding carboxylic acids is 1. The SMILES string of the molecule is CC(=O)Nc1c(C)cc(Nc2nc(C(C)C)nc(N(C)C)n2)cc1C. The molecule has 1 amide bonds. The molecule has 2 aromatic rings. The van der Waals surface area contributed by atoms with Crippen LogP contribution in [0.25, 0.3) is 0 Å². The smallest absolute Gasteiger partial charge is 0.232 e. The van der Waals surface area contributed by atoms with Crippen LogP contribution in [-0.4, -0.2) is 35.0 Å². The normalized spacial score (nSPS) is 10.7. The summed E-state index contributed by atoms with van der Waals surface area (Å²) in [5.41, 5.74) is 3.66. The lowest BCUT2D eigenvalue weighted by atomic mass is 10.1. The van der Waals surface area contributed by atoms with Gasteiger partial charge in [-0.15, -0.1) is 0 Å². The quantitative estimate of drug-likeness (QED) is 0.867. The minimum atomic E-state index is -0.0819. The third-order valence-electron chi connectivity index (χ3n) is 3.65. The molecule has 1 heterocycles. The van der Waals surface area contributed by atoms with Gasteiger partial charge in [0.1, 0.15) is 5.82 Å². The summed E-state index contributed by atoms with van der Waals surface area (Å²) in [4.78, 5) is 26.6. The first kappa shape index (κ1) is 18.6. The zero-order valence-corrected chi connectivity index (χ0v) is 15.9. The highest BCUT2D eigenvalue weighted by atomic mass is 16.1. The first-order valence-electron chi connectivity index (χ1n) is 8.26. The Bertz CT molecular complexity index is 736. The van der Waals surface area contributed by atoms with E-state index in [0.717, 1.165) is 28.3 Å². The molecule has 0 saturated carbocycles. The summed E-state index contributed by atoms with van der Waals surface area (Å²) in [5, 5.41) is 6.12. The lowest BCUT2D eigenvalue weighted by Gasteiger charge is -2.16. The first-order chi connectivity index (χ1) is 11.7. The third-order valence-corrected chi connectivity index (χ3v) is 3.65. The summed E-state index contributed by atoms with van der Waals surface area (Å²) in [6, 6.07) is 3.93. The van der Waals surface area contributed by atoms with E-state index >= 15 is 0 Å². The Kier molecular flexibility index (Phi) is 5.56. The van der Waals surface area contributed by atoms with Crippen LogP contribution in [0.4, 0.5) is 23.3 Å². The molecule has 0 atom stereocenters. The van der Waals surface area contributed by atoms with Gasteiger partial charge in [0.05, 0.1) is 0 Å². The van der Waals surface area contributed by atoms with Crippen molar-refractivity contribution in [3.05, 3.63) is 29.1 Å². The summed E-state index contributed by atoms with van der Waals surface area (Å²) in [6.45, 7) is 9.53. The second-order valence-electron chi connectivity index (χ2n) is 6.66. The number of amides is 1. The zero-order valence-electron chi connectivity index (χ0n) is 15.9. The molecule has 2 rings (SSSR count). The van der Waals surface area contributed by atoms with Gasteiger partial charge >= 0.3 is 0 Å². The monoisotopic (exact) mass is 342 g/mol. The molecule has 0 aliphatic carbocycles. The fraction of sp³-hybridized carbons (Fsp3) is 0.444. The van der Waals surface area contributed by atoms with E-state index in [4.69, 9.17) is 0 Å². The van der Waals surface area contributed by atoms with E-state index in [0.29, 0.717) is 11.9 Å². The number of benzene rings is 1. The lowest BCUT2D eigenvalue weighted by molar-refractivity contribution is -0.114. The Morgan fingerprint density at radius 1 is 1.08 bits per heavy atom. The molecule has 0 saturated heterocycles. The molecule has 0 unspecified atom stereocenters. The number of carbonyl (C=O) groups is 1. The van der Waals surface area contributed by atoms with Gasteiger partial charge in [0.25, 0.3) is 0 Å². The van der Waals surface area contributed by atoms with Crippen molar-refractivity contribution in [2.45, 2.75) is 40.5 Å². The summed E-state index contributed by atoms with van der Waals surface area (Å²) >= 11 is 0. The van der Waals surface area contributed by atoms with Gasteiger partial charge in [0, 0.05) is 38.3 Å². The minimum absolute atomic E-state index is 0.0819. The molecule has 1 aromatic heterocycles. The van der Waals surface area contributed by atoms with Gasteiger partial charge in [-0.2, -0.15) is 15.0 Å². The molecular weight excluding hydrogens is 316 g/mol. The van der Waals surface area contributed by atoms with E-state index in [1.165, 1.54) is 6.92 Å². The fourth-order valence-corrected chi connectivity index (χ4v) is 2.43. The van der Waals surface area contributed by atoms with E-state index in [1.54, 1.807) is 0 Å². The molecule has 2 N–H and O–H groups in total. The van der Waals surface area contributed by atoms with Crippen LogP contribution in [0, 0.1) is 13.8 Å². The Morgan fingerprint density at radius 3 is 2.16 bits per heavy atom. The first-order valence-corrected chi connectivity index (χ1v) is 8.26. The molecule has 0 fully saturated rings. The van der Waals surface area contributed by atoms with Crippen LogP contribution in [-0.2, 0) is 4.79 Å². The molecule has 0 aliphatic heterocycles. The molecule has 7 nitrogen and oxygen atoms in total.